The molecule has 7 rings (SSSR count). The van der Waals surface area contributed by atoms with E-state index in [0.717, 1.165) is 26.0 Å². The van der Waals surface area contributed by atoms with E-state index in [1.807, 2.05) is 0 Å². The van der Waals surface area contributed by atoms with Crippen molar-refractivity contribution in [2.24, 2.45) is 16.7 Å². The average Bonchev–Trinajstić information content (AvgIpc) is 3.26. The summed E-state index contributed by atoms with van der Waals surface area (Å²) in [5.41, 5.74) is -9.63. The van der Waals surface area contributed by atoms with Crippen LogP contribution in [0.2, 0.25) is 0 Å². The van der Waals surface area contributed by atoms with Gasteiger partial charge in [-0.15, -0.1) is 0 Å². The van der Waals surface area contributed by atoms with Gasteiger partial charge in [-0.1, -0.05) is 62.4 Å². The topological polar surface area (TPSA) is 221 Å². The first kappa shape index (κ1) is 48.0. The van der Waals surface area contributed by atoms with E-state index in [9.17, 15) is 52.5 Å². The minimum atomic E-state index is -4.77. The van der Waals surface area contributed by atoms with E-state index in [0.29, 0.717) is 17.7 Å². The highest BCUT2D eigenvalue weighted by Crippen LogP contribution is 2.64. The maximum Gasteiger partial charge on any atom is 0.416 e. The Hall–Kier alpha value is -5.95. The molecule has 1 saturated heterocycles. The second-order valence-electron chi connectivity index (χ2n) is 18.1. The molecule has 4 aliphatic rings. The number of halogens is 3. The number of carbonyl (C=O) groups excluding carboxylic acids is 6. The molecule has 352 valence electrons. The van der Waals surface area contributed by atoms with Gasteiger partial charge in [0.2, 0.25) is 0 Å². The fourth-order valence-electron chi connectivity index (χ4n) is 10.4. The summed E-state index contributed by atoms with van der Waals surface area (Å²) in [5, 5.41) is 40.2. The van der Waals surface area contributed by atoms with Gasteiger partial charge in [0.25, 0.3) is 5.91 Å². The fourth-order valence-corrected chi connectivity index (χ4v) is 10.4. The standard InChI is InChI=1S/C48H50F3NO14/c1-24-31(64-43(60)36(56)35(27-13-9-7-10-14-27)52-41(58)28-15-11-8-12-16-28)22-47(61)40(65-42(59)29-17-19-30(20-18-29)48(49,50)51)38-45(6,32(55)21-33-46(38,23-62-33)66-26(3)54)39(57)37(63-25(2)53)34(24)44(47,4)5/h7-20,31-33,35-38,40,55-56,61H,21-23H2,1-6H3,(H,52,58)/t31-,32-,33+,35-,36+,37+,38?,40?,45+,46-,47+/m0/s1. The van der Waals surface area contributed by atoms with Crippen molar-refractivity contribution in [1.29, 1.82) is 0 Å². The highest BCUT2D eigenvalue weighted by molar-refractivity contribution is 5.96. The fraction of sp³-hybridized carbons (Fsp3) is 0.458. The maximum atomic E-state index is 15.5. The number of carbonyl (C=O) groups is 6. The van der Waals surface area contributed by atoms with E-state index in [4.69, 9.17) is 23.7 Å². The number of ether oxygens (including phenoxy) is 5. The lowest BCUT2D eigenvalue weighted by Gasteiger charge is -2.67. The summed E-state index contributed by atoms with van der Waals surface area (Å²) >= 11 is 0. The van der Waals surface area contributed by atoms with Gasteiger partial charge in [-0.25, -0.2) is 9.59 Å². The Kier molecular flexibility index (Phi) is 12.6. The molecule has 2 bridgehead atoms. The van der Waals surface area contributed by atoms with E-state index in [-0.39, 0.29) is 23.1 Å². The predicted octanol–water partition coefficient (Wildman–Crippen LogP) is 4.75. The monoisotopic (exact) mass is 921 g/mol. The number of ketones is 1. The van der Waals surface area contributed by atoms with Crippen molar-refractivity contribution < 1.29 is 80.9 Å². The van der Waals surface area contributed by atoms with Crippen LogP contribution in [0, 0.1) is 16.7 Å². The van der Waals surface area contributed by atoms with Gasteiger partial charge >= 0.3 is 30.1 Å². The second kappa shape index (κ2) is 17.4. The number of alkyl halides is 3. The molecule has 3 aromatic rings. The largest absolute Gasteiger partial charge is 0.456 e. The number of benzene rings is 3. The first-order valence-corrected chi connectivity index (χ1v) is 21.2. The predicted molar refractivity (Wildman–Crippen MR) is 223 cm³/mol. The van der Waals surface area contributed by atoms with Crippen molar-refractivity contribution in [1.82, 2.24) is 5.32 Å². The van der Waals surface area contributed by atoms with Gasteiger partial charge in [0.05, 0.1) is 41.2 Å². The van der Waals surface area contributed by atoms with Gasteiger partial charge in [0, 0.05) is 37.7 Å². The lowest BCUT2D eigenvalue weighted by Crippen LogP contribution is -2.82. The Bertz CT molecular complexity index is 2440. The minimum absolute atomic E-state index is 0.0640. The van der Waals surface area contributed by atoms with Crippen LogP contribution in [0.4, 0.5) is 13.2 Å². The van der Waals surface area contributed by atoms with Crippen LogP contribution >= 0.6 is 0 Å². The summed E-state index contributed by atoms with van der Waals surface area (Å²) < 4.78 is 70.7. The number of Topliss-reactive ketones (excluding diaryl/α,β-unsaturated/α-hetero) is 1. The van der Waals surface area contributed by atoms with Crippen LogP contribution in [-0.4, -0.2) is 105 Å². The van der Waals surface area contributed by atoms with Gasteiger partial charge in [-0.2, -0.15) is 13.2 Å². The van der Waals surface area contributed by atoms with Crippen LogP contribution in [0.15, 0.2) is 96.1 Å². The molecule has 0 spiro atoms. The molecule has 11 atom stereocenters. The van der Waals surface area contributed by atoms with E-state index in [1.165, 1.54) is 39.8 Å². The molecule has 0 radical (unpaired) electrons. The third-order valence-corrected chi connectivity index (χ3v) is 13.9. The van der Waals surface area contributed by atoms with Crippen molar-refractivity contribution in [3.05, 3.63) is 118 Å². The Labute approximate surface area is 377 Å². The smallest absolute Gasteiger partial charge is 0.416 e. The third kappa shape index (κ3) is 8.07. The molecule has 4 N–H and O–H groups in total. The average molecular weight is 922 g/mol. The summed E-state index contributed by atoms with van der Waals surface area (Å²) in [6.45, 7) is 7.26. The van der Waals surface area contributed by atoms with Gasteiger partial charge in [-0.3, -0.25) is 19.2 Å². The van der Waals surface area contributed by atoms with E-state index < -0.39 is 137 Å². The van der Waals surface area contributed by atoms with E-state index in [1.54, 1.807) is 48.5 Å². The van der Waals surface area contributed by atoms with Crippen LogP contribution in [0.1, 0.15) is 92.3 Å². The molecular weight excluding hydrogens is 872 g/mol. The molecule has 2 unspecified atom stereocenters. The molecule has 66 heavy (non-hydrogen) atoms. The van der Waals surface area contributed by atoms with Crippen LogP contribution in [-0.2, 0) is 49.0 Å². The number of rotatable bonds is 10. The van der Waals surface area contributed by atoms with Gasteiger partial charge in [0.15, 0.2) is 23.6 Å². The van der Waals surface area contributed by atoms with E-state index >= 15 is 4.79 Å². The highest BCUT2D eigenvalue weighted by Gasteiger charge is 2.78. The lowest BCUT2D eigenvalue weighted by atomic mass is 9.44. The summed E-state index contributed by atoms with van der Waals surface area (Å²) in [7, 11) is 0. The summed E-state index contributed by atoms with van der Waals surface area (Å²) in [4.78, 5) is 83.6. The number of aliphatic hydroxyl groups excluding tert-OH is 2. The lowest BCUT2D eigenvalue weighted by molar-refractivity contribution is -0.346. The SMILES string of the molecule is CC(=O)O[C@H]1C(=O)[C@@]2(C)C(C(OC(=O)c3ccc(C(F)(F)F)cc3)[C@]3(O)C[C@H](OC(=O)[C@H](O)[C@@H](NC(=O)c4ccccc4)c4ccccc4)C(C)=C1C3(C)C)[C@]1(OC(C)=O)CO[C@@H]1C[C@@H]2O. The number of hydrogen-bond donors (Lipinski definition) is 4. The molecule has 2 saturated carbocycles. The van der Waals surface area contributed by atoms with Crippen LogP contribution in [0.3, 0.4) is 0 Å². The first-order chi connectivity index (χ1) is 30.9. The van der Waals surface area contributed by atoms with Crippen molar-refractivity contribution >= 4 is 35.6 Å². The quantitative estimate of drug-likeness (QED) is 0.123. The molecule has 3 aliphatic carbocycles. The van der Waals surface area contributed by atoms with Crippen molar-refractivity contribution in [3.63, 3.8) is 0 Å². The molecule has 0 aromatic heterocycles. The second-order valence-corrected chi connectivity index (χ2v) is 18.1. The summed E-state index contributed by atoms with van der Waals surface area (Å²) in [5.74, 6) is -7.86. The van der Waals surface area contributed by atoms with Crippen molar-refractivity contribution in [2.45, 2.75) is 114 Å². The zero-order chi connectivity index (χ0) is 48.3. The number of esters is 4. The van der Waals surface area contributed by atoms with E-state index in [2.05, 4.69) is 5.32 Å². The summed E-state index contributed by atoms with van der Waals surface area (Å²) in [6.07, 6.45) is -16.4. The molecule has 1 heterocycles. The Morgan fingerprint density at radius 3 is 2.00 bits per heavy atom. The molecule has 18 heteroatoms. The number of amides is 1. The first-order valence-electron chi connectivity index (χ1n) is 21.2. The van der Waals surface area contributed by atoms with Crippen LogP contribution < -0.4 is 5.32 Å². The van der Waals surface area contributed by atoms with Crippen molar-refractivity contribution in [3.8, 4) is 0 Å². The molecule has 15 nitrogen and oxygen atoms in total. The molecular formula is C48H50F3NO14. The van der Waals surface area contributed by atoms with Crippen molar-refractivity contribution in [2.75, 3.05) is 6.61 Å². The Balaban J connectivity index is 1.39. The molecule has 3 aromatic carbocycles. The number of hydrogen-bond acceptors (Lipinski definition) is 14. The molecule has 1 aliphatic heterocycles. The van der Waals surface area contributed by atoms with Gasteiger partial charge in [-0.05, 0) is 67.0 Å². The molecule has 1 amide bonds. The zero-order valence-corrected chi connectivity index (χ0v) is 36.8. The Morgan fingerprint density at radius 1 is 0.848 bits per heavy atom. The maximum absolute atomic E-state index is 15.5. The summed E-state index contributed by atoms with van der Waals surface area (Å²) in [6, 6.07) is 17.6. The van der Waals surface area contributed by atoms with Crippen LogP contribution in [0.25, 0.3) is 0 Å². The number of aliphatic hydroxyl groups is 3. The van der Waals surface area contributed by atoms with Gasteiger partial charge in [0.1, 0.15) is 23.9 Å². The zero-order valence-electron chi connectivity index (χ0n) is 36.8. The highest BCUT2D eigenvalue weighted by atomic mass is 19.4. The number of fused-ring (bicyclic) bond motifs is 5. The number of nitrogens with one attached hydrogen (secondary N) is 1. The third-order valence-electron chi connectivity index (χ3n) is 13.9. The van der Waals surface area contributed by atoms with Gasteiger partial charge < -0.3 is 44.3 Å². The normalized spacial score (nSPS) is 30.9. The Morgan fingerprint density at radius 2 is 1.45 bits per heavy atom. The minimum Gasteiger partial charge on any atom is -0.456 e. The van der Waals surface area contributed by atoms with Crippen LogP contribution in [0.5, 0.6) is 0 Å². The molecule has 3 fully saturated rings.